The number of hydrogen-bond donors (Lipinski definition) is 2. The van der Waals surface area contributed by atoms with Crippen LogP contribution in [0.3, 0.4) is 0 Å². The number of hydrogen-bond acceptors (Lipinski definition) is 3. The molecule has 1 amide bonds. The number of nitrogen functional groups attached to an aromatic ring is 1. The number of fused-ring (bicyclic) bond motifs is 1. The Labute approximate surface area is 109 Å². The number of anilines is 1. The third kappa shape index (κ3) is 1.72. The Morgan fingerprint density at radius 2 is 1.79 bits per heavy atom. The number of rotatable bonds is 2. The molecule has 3 rings (SSSR count). The molecule has 0 aliphatic carbocycles. The van der Waals surface area contributed by atoms with Crippen molar-refractivity contribution >= 4 is 22.9 Å². The predicted molar refractivity (Wildman–Crippen MR) is 74.0 cm³/mol. The van der Waals surface area contributed by atoms with Gasteiger partial charge in [0, 0.05) is 5.69 Å². The zero-order chi connectivity index (χ0) is 13.4. The van der Waals surface area contributed by atoms with Crippen LogP contribution in [0.1, 0.15) is 10.4 Å². The average molecular weight is 252 g/mol. The highest BCUT2D eigenvalue weighted by Gasteiger charge is 2.14. The maximum atomic E-state index is 11.4. The highest BCUT2D eigenvalue weighted by atomic mass is 16.1. The van der Waals surface area contributed by atoms with Crippen LogP contribution in [0.15, 0.2) is 48.5 Å². The van der Waals surface area contributed by atoms with E-state index in [9.17, 15) is 4.79 Å². The molecule has 0 atom stereocenters. The van der Waals surface area contributed by atoms with E-state index in [2.05, 4.69) is 4.98 Å². The van der Waals surface area contributed by atoms with Gasteiger partial charge in [-0.05, 0) is 24.3 Å². The quantitative estimate of drug-likeness (QED) is 0.727. The van der Waals surface area contributed by atoms with E-state index in [0.29, 0.717) is 17.0 Å². The lowest BCUT2D eigenvalue weighted by Crippen LogP contribution is -2.11. The standard InChI is InChI=1S/C14H12N4O/c15-13(19)10-7-4-8-11-12(10)17-14(16)18(11)9-5-2-1-3-6-9/h1-8H,(H2,15,19)(H2,16,17). The Morgan fingerprint density at radius 1 is 1.05 bits per heavy atom. The second kappa shape index (κ2) is 4.13. The Hall–Kier alpha value is -2.82. The molecule has 1 aromatic heterocycles. The molecule has 1 heterocycles. The third-order valence-corrected chi connectivity index (χ3v) is 2.99. The molecule has 0 spiro atoms. The maximum absolute atomic E-state index is 11.4. The molecule has 0 radical (unpaired) electrons. The topological polar surface area (TPSA) is 86.9 Å². The first-order chi connectivity index (χ1) is 9.18. The van der Waals surface area contributed by atoms with Gasteiger partial charge in [0.15, 0.2) is 0 Å². The maximum Gasteiger partial charge on any atom is 0.250 e. The van der Waals surface area contributed by atoms with Crippen LogP contribution < -0.4 is 11.5 Å². The predicted octanol–water partition coefficient (Wildman–Crippen LogP) is 1.71. The van der Waals surface area contributed by atoms with Crippen molar-refractivity contribution in [2.24, 2.45) is 5.73 Å². The van der Waals surface area contributed by atoms with Crippen LogP contribution in [0.5, 0.6) is 0 Å². The molecule has 4 N–H and O–H groups in total. The summed E-state index contributed by atoms with van der Waals surface area (Å²) in [5.74, 6) is -0.182. The summed E-state index contributed by atoms with van der Waals surface area (Å²) in [6.07, 6.45) is 0. The molecule has 0 aliphatic rings. The summed E-state index contributed by atoms with van der Waals surface area (Å²) < 4.78 is 1.79. The minimum Gasteiger partial charge on any atom is -0.369 e. The van der Waals surface area contributed by atoms with Gasteiger partial charge in [0.25, 0.3) is 5.91 Å². The number of imidazole rings is 1. The molecule has 19 heavy (non-hydrogen) atoms. The van der Waals surface area contributed by atoms with Crippen LogP contribution in [-0.2, 0) is 0 Å². The molecule has 0 bridgehead atoms. The van der Waals surface area contributed by atoms with Gasteiger partial charge in [-0.2, -0.15) is 0 Å². The number of benzene rings is 2. The van der Waals surface area contributed by atoms with E-state index in [1.54, 1.807) is 16.7 Å². The zero-order valence-electron chi connectivity index (χ0n) is 10.1. The first kappa shape index (κ1) is 11.3. The van der Waals surface area contributed by atoms with Crippen LogP contribution in [0.2, 0.25) is 0 Å². The molecule has 94 valence electrons. The lowest BCUT2D eigenvalue weighted by Gasteiger charge is -2.06. The number of nitrogens with two attached hydrogens (primary N) is 2. The van der Waals surface area contributed by atoms with E-state index in [0.717, 1.165) is 11.2 Å². The monoisotopic (exact) mass is 252 g/mol. The average Bonchev–Trinajstić information content (AvgIpc) is 2.75. The van der Waals surface area contributed by atoms with Crippen molar-refractivity contribution in [2.75, 3.05) is 5.73 Å². The van der Waals surface area contributed by atoms with Crippen molar-refractivity contribution in [1.29, 1.82) is 0 Å². The van der Waals surface area contributed by atoms with E-state index < -0.39 is 5.91 Å². The summed E-state index contributed by atoms with van der Waals surface area (Å²) in [6.45, 7) is 0. The largest absolute Gasteiger partial charge is 0.369 e. The Kier molecular flexibility index (Phi) is 2.45. The van der Waals surface area contributed by atoms with Crippen molar-refractivity contribution in [3.05, 3.63) is 54.1 Å². The minimum absolute atomic E-state index is 0.329. The Morgan fingerprint density at radius 3 is 2.47 bits per heavy atom. The molecule has 0 unspecified atom stereocenters. The molecular weight excluding hydrogens is 240 g/mol. The number of carbonyl (C=O) groups excluding carboxylic acids is 1. The lowest BCUT2D eigenvalue weighted by molar-refractivity contribution is 0.100. The van der Waals surface area contributed by atoms with Gasteiger partial charge in [-0.25, -0.2) is 4.98 Å². The summed E-state index contributed by atoms with van der Waals surface area (Å²) in [6, 6.07) is 14.9. The van der Waals surface area contributed by atoms with Crippen LogP contribution in [0.25, 0.3) is 16.7 Å². The summed E-state index contributed by atoms with van der Waals surface area (Å²) >= 11 is 0. The highest BCUT2D eigenvalue weighted by Crippen LogP contribution is 2.25. The van der Waals surface area contributed by atoms with Crippen LogP contribution in [0.4, 0.5) is 5.95 Å². The van der Waals surface area contributed by atoms with Gasteiger partial charge in [0.2, 0.25) is 5.95 Å². The van der Waals surface area contributed by atoms with E-state index in [1.807, 2.05) is 36.4 Å². The van der Waals surface area contributed by atoms with E-state index in [1.165, 1.54) is 0 Å². The van der Waals surface area contributed by atoms with Crippen molar-refractivity contribution in [3.63, 3.8) is 0 Å². The fraction of sp³-hybridized carbons (Fsp3) is 0. The van der Waals surface area contributed by atoms with E-state index in [4.69, 9.17) is 11.5 Å². The molecule has 5 heteroatoms. The van der Waals surface area contributed by atoms with Crippen LogP contribution >= 0.6 is 0 Å². The molecule has 0 saturated heterocycles. The lowest BCUT2D eigenvalue weighted by atomic mass is 10.1. The second-order valence-electron chi connectivity index (χ2n) is 4.18. The van der Waals surface area contributed by atoms with Gasteiger partial charge in [-0.3, -0.25) is 9.36 Å². The first-order valence-corrected chi connectivity index (χ1v) is 5.80. The summed E-state index contributed by atoms with van der Waals surface area (Å²) in [5, 5.41) is 0. The van der Waals surface area contributed by atoms with E-state index in [-0.39, 0.29) is 0 Å². The third-order valence-electron chi connectivity index (χ3n) is 2.99. The molecule has 0 saturated carbocycles. The number of primary amides is 1. The summed E-state index contributed by atoms with van der Waals surface area (Å²) in [5.41, 5.74) is 13.9. The van der Waals surface area contributed by atoms with Gasteiger partial charge < -0.3 is 11.5 Å². The number of carbonyl (C=O) groups is 1. The van der Waals surface area contributed by atoms with Gasteiger partial charge in [0.1, 0.15) is 5.52 Å². The Balaban J connectivity index is 2.36. The summed E-state index contributed by atoms with van der Waals surface area (Å²) in [7, 11) is 0. The van der Waals surface area contributed by atoms with Crippen molar-refractivity contribution in [1.82, 2.24) is 9.55 Å². The highest BCUT2D eigenvalue weighted by molar-refractivity contribution is 6.05. The molecule has 3 aromatic rings. The van der Waals surface area contributed by atoms with Crippen LogP contribution in [-0.4, -0.2) is 15.5 Å². The van der Waals surface area contributed by atoms with Crippen molar-refractivity contribution < 1.29 is 4.79 Å². The van der Waals surface area contributed by atoms with Crippen molar-refractivity contribution in [3.8, 4) is 5.69 Å². The van der Waals surface area contributed by atoms with Gasteiger partial charge in [-0.1, -0.05) is 24.3 Å². The second-order valence-corrected chi connectivity index (χ2v) is 4.18. The fourth-order valence-electron chi connectivity index (χ4n) is 2.16. The molecular formula is C14H12N4O. The van der Waals surface area contributed by atoms with Gasteiger partial charge >= 0.3 is 0 Å². The van der Waals surface area contributed by atoms with E-state index >= 15 is 0 Å². The number of para-hydroxylation sites is 2. The SMILES string of the molecule is NC(=O)c1cccc2c1nc(N)n2-c1ccccc1. The minimum atomic E-state index is -0.511. The van der Waals surface area contributed by atoms with Crippen LogP contribution in [0, 0.1) is 0 Å². The normalized spacial score (nSPS) is 10.7. The zero-order valence-corrected chi connectivity index (χ0v) is 10.1. The van der Waals surface area contributed by atoms with Gasteiger partial charge in [-0.15, -0.1) is 0 Å². The molecule has 0 fully saturated rings. The fourth-order valence-corrected chi connectivity index (χ4v) is 2.16. The van der Waals surface area contributed by atoms with Gasteiger partial charge in [0.05, 0.1) is 11.1 Å². The number of nitrogens with zero attached hydrogens (tertiary/aromatic N) is 2. The number of aromatic nitrogens is 2. The molecule has 2 aromatic carbocycles. The summed E-state index contributed by atoms with van der Waals surface area (Å²) in [4.78, 5) is 15.7. The molecule has 5 nitrogen and oxygen atoms in total. The first-order valence-electron chi connectivity index (χ1n) is 5.80. The Bertz CT molecular complexity index is 762. The molecule has 0 aliphatic heterocycles. The smallest absolute Gasteiger partial charge is 0.250 e. The number of amides is 1. The van der Waals surface area contributed by atoms with Crippen molar-refractivity contribution in [2.45, 2.75) is 0 Å².